The predicted molar refractivity (Wildman–Crippen MR) is 106 cm³/mol. The first-order valence-corrected chi connectivity index (χ1v) is 9.86. The molecule has 5 heteroatoms. The summed E-state index contributed by atoms with van der Waals surface area (Å²) in [6.07, 6.45) is 5.15. The second kappa shape index (κ2) is 8.12. The van der Waals surface area contributed by atoms with Gasteiger partial charge in [-0.1, -0.05) is 30.3 Å². The predicted octanol–water partition coefficient (Wildman–Crippen LogP) is 4.53. The summed E-state index contributed by atoms with van der Waals surface area (Å²) in [6.45, 7) is 11.3. The Morgan fingerprint density at radius 2 is 1.65 bits per heavy atom. The highest BCUT2D eigenvalue weighted by Gasteiger charge is 2.43. The van der Waals surface area contributed by atoms with Crippen LogP contribution in [0.2, 0.25) is 0 Å². The molecule has 1 aromatic carbocycles. The van der Waals surface area contributed by atoms with Gasteiger partial charge in [-0.2, -0.15) is 0 Å². The molecule has 26 heavy (non-hydrogen) atoms. The Kier molecular flexibility index (Phi) is 6.54. The molecular weight excluding hydrogens is 346 g/mol. The number of hydrogen-bond donors (Lipinski definition) is 1. The Balaban J connectivity index is 2.29. The fourth-order valence-corrected chi connectivity index (χ4v) is 3.83. The number of benzene rings is 1. The van der Waals surface area contributed by atoms with E-state index < -0.39 is 33.3 Å². The normalized spacial score (nSPS) is 19.2. The summed E-state index contributed by atoms with van der Waals surface area (Å²) in [7, 11) is -1.20. The Hall–Kier alpha value is -1.36. The minimum absolute atomic E-state index is 0.393. The fourth-order valence-electron chi connectivity index (χ4n) is 2.57. The Labute approximate surface area is 160 Å². The average Bonchev–Trinajstić information content (AvgIpc) is 2.99. The summed E-state index contributed by atoms with van der Waals surface area (Å²) in [4.78, 5) is 12.4. The van der Waals surface area contributed by atoms with Gasteiger partial charge in [0.2, 0.25) is 0 Å². The van der Waals surface area contributed by atoms with Crippen molar-refractivity contribution in [3.8, 4) is 0 Å². The van der Waals surface area contributed by atoms with E-state index in [1.54, 1.807) is 0 Å². The zero-order valence-corrected chi connectivity index (χ0v) is 17.1. The highest BCUT2D eigenvalue weighted by molar-refractivity contribution is 7.89. The van der Waals surface area contributed by atoms with Gasteiger partial charge in [0.25, 0.3) is 0 Å². The van der Waals surface area contributed by atoms with Crippen molar-refractivity contribution < 1.29 is 13.7 Å². The van der Waals surface area contributed by atoms with Crippen LogP contribution in [0.5, 0.6) is 0 Å². The van der Waals surface area contributed by atoms with E-state index in [-0.39, 0.29) is 0 Å². The van der Waals surface area contributed by atoms with Gasteiger partial charge in [-0.15, -0.1) is 0 Å². The SMILES string of the molecule is CC(C)(C)OC(=O)N[C@H]([C]1[CH][CH][CH][C]1[S@@](=O)C(C)(C)C)c1ccccc1. The van der Waals surface area contributed by atoms with Gasteiger partial charge in [-0.05, 0) is 66.4 Å². The Morgan fingerprint density at radius 1 is 1.04 bits per heavy atom. The van der Waals surface area contributed by atoms with Crippen LogP contribution >= 0.6 is 0 Å². The van der Waals surface area contributed by atoms with Crippen molar-refractivity contribution in [1.82, 2.24) is 5.32 Å². The van der Waals surface area contributed by atoms with Crippen LogP contribution < -0.4 is 5.32 Å². The number of alkyl carbamates (subject to hydrolysis) is 1. The lowest BCUT2D eigenvalue weighted by molar-refractivity contribution is 0.0508. The Bertz CT molecular complexity index is 631. The molecule has 1 aliphatic carbocycles. The highest BCUT2D eigenvalue weighted by Crippen LogP contribution is 2.46. The van der Waals surface area contributed by atoms with Gasteiger partial charge in [0.15, 0.2) is 0 Å². The van der Waals surface area contributed by atoms with E-state index in [1.165, 1.54) is 0 Å². The fraction of sp³-hybridized carbons (Fsp3) is 0.429. The minimum Gasteiger partial charge on any atom is -0.444 e. The molecule has 0 heterocycles. The molecule has 1 fully saturated rings. The second-order valence-corrected chi connectivity index (χ2v) is 10.4. The topological polar surface area (TPSA) is 55.4 Å². The lowest BCUT2D eigenvalue weighted by Crippen LogP contribution is -2.39. The highest BCUT2D eigenvalue weighted by atomic mass is 32.2. The number of rotatable bonds is 4. The van der Waals surface area contributed by atoms with Gasteiger partial charge in [-0.25, -0.2) is 4.79 Å². The molecule has 5 radical (unpaired) electrons. The van der Waals surface area contributed by atoms with Gasteiger partial charge < -0.3 is 10.1 Å². The molecule has 1 N–H and O–H groups in total. The monoisotopic (exact) mass is 374 g/mol. The molecule has 1 aliphatic rings. The maximum atomic E-state index is 13.0. The molecule has 1 amide bonds. The van der Waals surface area contributed by atoms with Crippen LogP contribution in [0.4, 0.5) is 4.79 Å². The first kappa shape index (κ1) is 20.9. The third kappa shape index (κ3) is 5.57. The first-order chi connectivity index (χ1) is 12.0. The summed E-state index contributed by atoms with van der Waals surface area (Å²) >= 11 is 0. The van der Waals surface area contributed by atoms with Crippen molar-refractivity contribution in [2.75, 3.05) is 0 Å². The van der Waals surface area contributed by atoms with E-state index in [2.05, 4.69) is 5.32 Å². The molecule has 2 atom stereocenters. The van der Waals surface area contributed by atoms with Crippen LogP contribution in [0.15, 0.2) is 30.3 Å². The summed E-state index contributed by atoms with van der Waals surface area (Å²) in [5.74, 6) is 0.829. The molecule has 4 nitrogen and oxygen atoms in total. The van der Waals surface area contributed by atoms with E-state index in [4.69, 9.17) is 4.74 Å². The first-order valence-electron chi connectivity index (χ1n) is 8.71. The van der Waals surface area contributed by atoms with Crippen molar-refractivity contribution in [2.45, 2.75) is 57.9 Å². The zero-order chi connectivity index (χ0) is 19.5. The smallest absolute Gasteiger partial charge is 0.408 e. The molecule has 1 saturated carbocycles. The number of carbonyl (C=O) groups is 1. The maximum absolute atomic E-state index is 13.0. The number of amides is 1. The minimum atomic E-state index is -1.20. The van der Waals surface area contributed by atoms with E-state index in [0.29, 0.717) is 0 Å². The third-order valence-electron chi connectivity index (χ3n) is 3.67. The van der Waals surface area contributed by atoms with E-state index in [1.807, 2.05) is 91.1 Å². The number of ether oxygens (including phenoxy) is 1. The molecule has 2 rings (SSSR count). The van der Waals surface area contributed by atoms with E-state index >= 15 is 0 Å². The molecule has 0 bridgehead atoms. The molecule has 0 aromatic heterocycles. The van der Waals surface area contributed by atoms with Crippen molar-refractivity contribution in [3.63, 3.8) is 0 Å². The average molecular weight is 375 g/mol. The van der Waals surface area contributed by atoms with Crippen LogP contribution in [0, 0.1) is 30.4 Å². The van der Waals surface area contributed by atoms with E-state index in [0.717, 1.165) is 16.7 Å². The summed E-state index contributed by atoms with van der Waals surface area (Å²) < 4.78 is 18.0. The molecular formula is C21H28NO3S. The van der Waals surface area contributed by atoms with Gasteiger partial charge in [0.1, 0.15) is 5.60 Å². The van der Waals surface area contributed by atoms with Crippen LogP contribution in [0.25, 0.3) is 0 Å². The summed E-state index contributed by atoms with van der Waals surface area (Å²) in [5, 5.41) is 3.68. The maximum Gasteiger partial charge on any atom is 0.408 e. The van der Waals surface area contributed by atoms with Crippen LogP contribution in [-0.2, 0) is 15.5 Å². The third-order valence-corrected chi connectivity index (χ3v) is 5.55. The quantitative estimate of drug-likeness (QED) is 0.842. The molecule has 1 aromatic rings. The molecule has 0 saturated heterocycles. The lowest BCUT2D eigenvalue weighted by atomic mass is 9.91. The van der Waals surface area contributed by atoms with Crippen LogP contribution in [0.3, 0.4) is 0 Å². The van der Waals surface area contributed by atoms with Gasteiger partial charge in [0, 0.05) is 21.5 Å². The van der Waals surface area contributed by atoms with Crippen LogP contribution in [0.1, 0.15) is 53.1 Å². The van der Waals surface area contributed by atoms with Crippen LogP contribution in [-0.4, -0.2) is 20.7 Å². The van der Waals surface area contributed by atoms with Gasteiger partial charge in [-0.3, -0.25) is 4.21 Å². The van der Waals surface area contributed by atoms with Crippen molar-refractivity contribution in [2.24, 2.45) is 0 Å². The Morgan fingerprint density at radius 3 is 2.19 bits per heavy atom. The van der Waals surface area contributed by atoms with Crippen molar-refractivity contribution in [1.29, 1.82) is 0 Å². The van der Waals surface area contributed by atoms with Crippen molar-refractivity contribution in [3.05, 3.63) is 66.3 Å². The number of carbonyl (C=O) groups excluding carboxylic acids is 1. The molecule has 0 spiro atoms. The zero-order valence-electron chi connectivity index (χ0n) is 16.3. The second-order valence-electron chi connectivity index (χ2n) is 8.22. The summed E-state index contributed by atoms with van der Waals surface area (Å²) in [6, 6.07) is 9.22. The molecule has 0 unspecified atom stereocenters. The number of hydrogen-bond acceptors (Lipinski definition) is 3. The summed E-state index contributed by atoms with van der Waals surface area (Å²) in [5.41, 5.74) is 0.325. The molecule has 141 valence electrons. The molecule has 0 aliphatic heterocycles. The van der Waals surface area contributed by atoms with Gasteiger partial charge >= 0.3 is 6.09 Å². The van der Waals surface area contributed by atoms with E-state index in [9.17, 15) is 9.00 Å². The number of nitrogens with one attached hydrogen (secondary N) is 1. The van der Waals surface area contributed by atoms with Crippen molar-refractivity contribution >= 4 is 16.9 Å². The largest absolute Gasteiger partial charge is 0.444 e. The lowest BCUT2D eigenvalue weighted by Gasteiger charge is -2.32. The van der Waals surface area contributed by atoms with Gasteiger partial charge in [0.05, 0.1) is 11.3 Å². The standard InChI is InChI=1S/C21H28NO3S/c1-20(2,3)25-19(23)22-18(15-11-8-7-9-12-15)16-13-10-14-17(16)26(24)21(4,5)6/h7-14,18H,1-6H3,(H,22,23)/t18-,26+/m0/s1.